The summed E-state index contributed by atoms with van der Waals surface area (Å²) >= 11 is 3.11. The molecule has 1 aliphatic rings. The predicted molar refractivity (Wildman–Crippen MR) is 107 cm³/mol. The van der Waals surface area contributed by atoms with E-state index in [1.807, 2.05) is 42.7 Å². The summed E-state index contributed by atoms with van der Waals surface area (Å²) < 4.78 is 28.8. The first-order valence-electron chi connectivity index (χ1n) is 8.23. The number of esters is 1. The van der Waals surface area contributed by atoms with E-state index in [4.69, 9.17) is 4.74 Å². The molecule has 0 aromatic heterocycles. The first-order chi connectivity index (χ1) is 12.5. The molecule has 0 aliphatic carbocycles. The Morgan fingerprint density at radius 1 is 1.15 bits per heavy atom. The lowest BCUT2D eigenvalue weighted by atomic mass is 10.2. The summed E-state index contributed by atoms with van der Waals surface area (Å²) in [4.78, 5) is 14.4. The lowest BCUT2D eigenvalue weighted by Gasteiger charge is -2.12. The molecule has 7 heteroatoms. The third-order valence-electron chi connectivity index (χ3n) is 4.12. The van der Waals surface area contributed by atoms with Crippen molar-refractivity contribution < 1.29 is 17.9 Å². The number of carbonyl (C=O) groups excluding carboxylic acids is 1. The molecule has 0 unspecified atom stereocenters. The predicted octanol–water partition coefficient (Wildman–Crippen LogP) is 4.04. The van der Waals surface area contributed by atoms with E-state index in [1.54, 1.807) is 23.9 Å². The van der Waals surface area contributed by atoms with Crippen molar-refractivity contribution in [3.63, 3.8) is 0 Å². The van der Waals surface area contributed by atoms with Crippen molar-refractivity contribution in [1.29, 1.82) is 0 Å². The molecule has 1 fully saturated rings. The van der Waals surface area contributed by atoms with Crippen LogP contribution in [0.2, 0.25) is 0 Å². The molecule has 0 radical (unpaired) electrons. The number of carbonyl (C=O) groups is 1. The molecule has 2 aromatic rings. The Bertz CT molecular complexity index is 876. The Labute approximate surface area is 162 Å². The van der Waals surface area contributed by atoms with Crippen LogP contribution in [0.4, 0.5) is 0 Å². The van der Waals surface area contributed by atoms with Gasteiger partial charge in [-0.25, -0.2) is 13.2 Å². The summed E-state index contributed by atoms with van der Waals surface area (Å²) in [6, 6.07) is 15.1. The van der Waals surface area contributed by atoms with Gasteiger partial charge in [-0.1, -0.05) is 24.3 Å². The summed E-state index contributed by atoms with van der Waals surface area (Å²) in [5.41, 5.74) is 1.42. The summed E-state index contributed by atoms with van der Waals surface area (Å²) in [7, 11) is -2.94. The third-order valence-corrected chi connectivity index (χ3v) is 8.19. The van der Waals surface area contributed by atoms with Crippen LogP contribution in [0.3, 0.4) is 0 Å². The van der Waals surface area contributed by atoms with Crippen LogP contribution in [0.25, 0.3) is 0 Å². The van der Waals surface area contributed by atoms with Crippen LogP contribution >= 0.6 is 23.5 Å². The monoisotopic (exact) mass is 408 g/mol. The van der Waals surface area contributed by atoms with Crippen molar-refractivity contribution in [2.45, 2.75) is 28.1 Å². The standard InChI is InChI=1S/C19H20O4S3/c1-24-15-8-6-14(7-9-15)12-23-19(20)17-4-2-3-5-18(17)25-16-10-11-26(21,22)13-16/h2-9,16H,10-13H2,1H3/t16-/m1/s1. The van der Waals surface area contributed by atoms with E-state index < -0.39 is 9.84 Å². The number of rotatable bonds is 6. The number of thioether (sulfide) groups is 2. The largest absolute Gasteiger partial charge is 0.457 e. The smallest absolute Gasteiger partial charge is 0.339 e. The number of benzene rings is 2. The second kappa shape index (κ2) is 8.50. The Kier molecular flexibility index (Phi) is 6.32. The highest BCUT2D eigenvalue weighted by atomic mass is 32.2. The number of hydrogen-bond acceptors (Lipinski definition) is 6. The number of ether oxygens (including phenoxy) is 1. The SMILES string of the molecule is CSc1ccc(COC(=O)c2ccccc2S[C@@H]2CCS(=O)(=O)C2)cc1. The van der Waals surface area contributed by atoms with E-state index in [9.17, 15) is 13.2 Å². The third kappa shape index (κ3) is 5.05. The average molecular weight is 409 g/mol. The van der Waals surface area contributed by atoms with Gasteiger partial charge in [0.15, 0.2) is 9.84 Å². The van der Waals surface area contributed by atoms with Crippen LogP contribution in [0.15, 0.2) is 58.3 Å². The van der Waals surface area contributed by atoms with E-state index in [2.05, 4.69) is 0 Å². The molecule has 0 bridgehead atoms. The molecule has 26 heavy (non-hydrogen) atoms. The second-order valence-corrected chi connectivity index (χ2v) is 10.5. The molecular weight excluding hydrogens is 388 g/mol. The Morgan fingerprint density at radius 2 is 1.88 bits per heavy atom. The highest BCUT2D eigenvalue weighted by Gasteiger charge is 2.29. The Hall–Kier alpha value is -1.44. The van der Waals surface area contributed by atoms with Gasteiger partial charge in [0.05, 0.1) is 17.1 Å². The molecule has 138 valence electrons. The fourth-order valence-corrected chi connectivity index (χ4v) is 6.75. The molecule has 0 N–H and O–H groups in total. The van der Waals surface area contributed by atoms with Gasteiger partial charge in [0.25, 0.3) is 0 Å². The number of sulfone groups is 1. The second-order valence-electron chi connectivity index (χ2n) is 6.06. The van der Waals surface area contributed by atoms with Gasteiger partial charge in [-0.05, 0) is 42.5 Å². The van der Waals surface area contributed by atoms with Crippen molar-refractivity contribution in [3.05, 3.63) is 59.7 Å². The summed E-state index contributed by atoms with van der Waals surface area (Å²) in [6.45, 7) is 0.213. The fraction of sp³-hybridized carbons (Fsp3) is 0.316. The molecule has 4 nitrogen and oxygen atoms in total. The summed E-state index contributed by atoms with van der Waals surface area (Å²) in [5.74, 6) is 0.00879. The highest BCUT2D eigenvalue weighted by molar-refractivity contribution is 8.02. The maximum absolute atomic E-state index is 12.5. The molecule has 0 saturated carbocycles. The van der Waals surface area contributed by atoms with Crippen molar-refractivity contribution in [3.8, 4) is 0 Å². The van der Waals surface area contributed by atoms with Gasteiger partial charge in [0.1, 0.15) is 6.61 Å². The van der Waals surface area contributed by atoms with Crippen LogP contribution in [0.1, 0.15) is 22.3 Å². The molecule has 2 aromatic carbocycles. The fourth-order valence-electron chi connectivity index (χ4n) is 2.72. The zero-order chi connectivity index (χ0) is 18.6. The van der Waals surface area contributed by atoms with Gasteiger partial charge in [0, 0.05) is 15.0 Å². The van der Waals surface area contributed by atoms with Crippen LogP contribution < -0.4 is 0 Å². The summed E-state index contributed by atoms with van der Waals surface area (Å²) in [5, 5.41) is -0.00645. The molecule has 3 rings (SSSR count). The molecule has 0 amide bonds. The van der Waals surface area contributed by atoms with Gasteiger partial charge >= 0.3 is 5.97 Å². The maximum Gasteiger partial charge on any atom is 0.339 e. The lowest BCUT2D eigenvalue weighted by molar-refractivity contribution is 0.0468. The van der Waals surface area contributed by atoms with Crippen LogP contribution in [0.5, 0.6) is 0 Å². The van der Waals surface area contributed by atoms with Crippen LogP contribution in [-0.2, 0) is 21.2 Å². The normalized spacial score (nSPS) is 18.6. The molecule has 0 spiro atoms. The average Bonchev–Trinajstić information content (AvgIpc) is 2.99. The maximum atomic E-state index is 12.5. The minimum absolute atomic E-state index is 0.00645. The Morgan fingerprint density at radius 3 is 2.54 bits per heavy atom. The van der Waals surface area contributed by atoms with E-state index in [0.29, 0.717) is 12.0 Å². The van der Waals surface area contributed by atoms with Gasteiger partial charge in [-0.2, -0.15) is 0 Å². The first kappa shape index (κ1) is 19.3. The van der Waals surface area contributed by atoms with E-state index in [0.717, 1.165) is 15.4 Å². The van der Waals surface area contributed by atoms with E-state index >= 15 is 0 Å². The molecule has 1 atom stereocenters. The number of hydrogen-bond donors (Lipinski definition) is 0. The zero-order valence-corrected chi connectivity index (χ0v) is 16.8. The topological polar surface area (TPSA) is 60.4 Å². The van der Waals surface area contributed by atoms with Crippen molar-refractivity contribution >= 4 is 39.3 Å². The van der Waals surface area contributed by atoms with E-state index in [-0.39, 0.29) is 29.3 Å². The minimum Gasteiger partial charge on any atom is -0.457 e. The molecule has 1 aliphatic heterocycles. The van der Waals surface area contributed by atoms with Crippen molar-refractivity contribution in [1.82, 2.24) is 0 Å². The molecule has 1 heterocycles. The van der Waals surface area contributed by atoms with Crippen LogP contribution in [-0.4, -0.2) is 37.4 Å². The van der Waals surface area contributed by atoms with E-state index in [1.165, 1.54) is 11.8 Å². The molecule has 1 saturated heterocycles. The van der Waals surface area contributed by atoms with Crippen molar-refractivity contribution in [2.24, 2.45) is 0 Å². The van der Waals surface area contributed by atoms with Gasteiger partial charge in [0.2, 0.25) is 0 Å². The summed E-state index contributed by atoms with van der Waals surface area (Å²) in [6.07, 6.45) is 2.64. The zero-order valence-electron chi connectivity index (χ0n) is 14.4. The lowest BCUT2D eigenvalue weighted by Crippen LogP contribution is -2.09. The van der Waals surface area contributed by atoms with Gasteiger partial charge in [-0.3, -0.25) is 0 Å². The highest BCUT2D eigenvalue weighted by Crippen LogP contribution is 2.33. The minimum atomic E-state index is -2.94. The Balaban J connectivity index is 1.65. The van der Waals surface area contributed by atoms with Gasteiger partial charge < -0.3 is 4.74 Å². The first-order valence-corrected chi connectivity index (χ1v) is 12.2. The van der Waals surface area contributed by atoms with Gasteiger partial charge in [-0.15, -0.1) is 23.5 Å². The molecular formula is C19H20O4S3. The quantitative estimate of drug-likeness (QED) is 0.531. The van der Waals surface area contributed by atoms with Crippen LogP contribution in [0, 0.1) is 0 Å². The van der Waals surface area contributed by atoms with Crippen molar-refractivity contribution in [2.75, 3.05) is 17.8 Å².